The Hall–Kier alpha value is -1.05. The SMILES string of the molecule is CC(C)NC1CCC(Nc2ncc(SCc3ncc(C(C)(C)C)o3)s2)CC1. The average Bonchev–Trinajstić information content (AvgIpc) is 3.23. The highest BCUT2D eigenvalue weighted by Crippen LogP contribution is 2.33. The molecule has 1 aliphatic carbocycles. The third-order valence-corrected chi connectivity index (χ3v) is 6.85. The second kappa shape index (κ2) is 8.97. The van der Waals surface area contributed by atoms with E-state index < -0.39 is 0 Å². The number of aromatic nitrogens is 2. The van der Waals surface area contributed by atoms with Crippen molar-refractivity contribution < 1.29 is 4.42 Å². The second-order valence-electron chi connectivity index (χ2n) is 8.66. The highest BCUT2D eigenvalue weighted by molar-refractivity contribution is 8.00. The van der Waals surface area contributed by atoms with E-state index in [-0.39, 0.29) is 5.41 Å². The molecule has 1 fully saturated rings. The second-order valence-corrected chi connectivity index (χ2v) is 11.0. The van der Waals surface area contributed by atoms with Crippen molar-refractivity contribution >= 4 is 28.2 Å². The Balaban J connectivity index is 1.44. The van der Waals surface area contributed by atoms with E-state index in [4.69, 9.17) is 4.42 Å². The molecule has 7 heteroatoms. The van der Waals surface area contributed by atoms with Crippen LogP contribution in [0.15, 0.2) is 21.0 Å². The number of rotatable bonds is 7. The van der Waals surface area contributed by atoms with Crippen molar-refractivity contribution in [3.8, 4) is 0 Å². The van der Waals surface area contributed by atoms with E-state index in [1.807, 2.05) is 12.4 Å². The first-order valence-corrected chi connectivity index (χ1v) is 11.7. The zero-order valence-corrected chi connectivity index (χ0v) is 18.7. The van der Waals surface area contributed by atoms with Crippen LogP contribution in [0.4, 0.5) is 5.13 Å². The number of thioether (sulfide) groups is 1. The summed E-state index contributed by atoms with van der Waals surface area (Å²) in [4.78, 5) is 8.96. The van der Waals surface area contributed by atoms with E-state index in [0.717, 1.165) is 22.5 Å². The van der Waals surface area contributed by atoms with Crippen LogP contribution in [-0.2, 0) is 11.2 Å². The molecule has 27 heavy (non-hydrogen) atoms. The number of hydrogen-bond donors (Lipinski definition) is 2. The van der Waals surface area contributed by atoms with Crippen LogP contribution >= 0.6 is 23.1 Å². The Morgan fingerprint density at radius 2 is 1.85 bits per heavy atom. The zero-order chi connectivity index (χ0) is 19.4. The molecule has 0 unspecified atom stereocenters. The first kappa shape index (κ1) is 20.7. The molecule has 0 spiro atoms. The standard InChI is InChI=1S/C20H32N4OS2/c1-13(2)23-14-6-8-15(9-7-14)24-19-22-11-18(27-19)26-12-17-21-10-16(25-17)20(3,4)5/h10-11,13-15,23H,6-9,12H2,1-5H3,(H,22,24). The lowest BCUT2D eigenvalue weighted by Gasteiger charge is -2.30. The number of thiazole rings is 1. The van der Waals surface area contributed by atoms with Crippen LogP contribution in [0, 0.1) is 0 Å². The smallest absolute Gasteiger partial charge is 0.204 e. The fourth-order valence-corrected chi connectivity index (χ4v) is 5.10. The maximum atomic E-state index is 5.87. The molecule has 2 aromatic heterocycles. The summed E-state index contributed by atoms with van der Waals surface area (Å²) < 4.78 is 7.06. The number of hydrogen-bond acceptors (Lipinski definition) is 7. The zero-order valence-electron chi connectivity index (χ0n) is 17.0. The van der Waals surface area contributed by atoms with Crippen LogP contribution in [0.1, 0.15) is 72.0 Å². The van der Waals surface area contributed by atoms with Gasteiger partial charge < -0.3 is 15.1 Å². The van der Waals surface area contributed by atoms with Gasteiger partial charge in [0.25, 0.3) is 0 Å². The quantitative estimate of drug-likeness (QED) is 0.595. The van der Waals surface area contributed by atoms with Crippen LogP contribution in [0.5, 0.6) is 0 Å². The summed E-state index contributed by atoms with van der Waals surface area (Å²) in [6.45, 7) is 10.9. The van der Waals surface area contributed by atoms with Crippen molar-refractivity contribution in [2.45, 2.75) is 93.8 Å². The maximum Gasteiger partial charge on any atom is 0.204 e. The molecule has 1 saturated carbocycles. The van der Waals surface area contributed by atoms with Gasteiger partial charge in [-0.05, 0) is 25.7 Å². The van der Waals surface area contributed by atoms with Crippen LogP contribution in [0.25, 0.3) is 0 Å². The van der Waals surface area contributed by atoms with E-state index >= 15 is 0 Å². The molecule has 0 atom stereocenters. The van der Waals surface area contributed by atoms with E-state index in [9.17, 15) is 0 Å². The van der Waals surface area contributed by atoms with Crippen molar-refractivity contribution in [3.05, 3.63) is 24.0 Å². The summed E-state index contributed by atoms with van der Waals surface area (Å²) in [7, 11) is 0. The third kappa shape index (κ3) is 6.22. The summed E-state index contributed by atoms with van der Waals surface area (Å²) in [5.41, 5.74) is 0.00118. The third-order valence-electron chi connectivity index (χ3n) is 4.74. The molecule has 5 nitrogen and oxygen atoms in total. The van der Waals surface area contributed by atoms with E-state index in [0.29, 0.717) is 18.1 Å². The van der Waals surface area contributed by atoms with Gasteiger partial charge in [0.1, 0.15) is 5.76 Å². The molecule has 2 aromatic rings. The first-order chi connectivity index (χ1) is 12.8. The van der Waals surface area contributed by atoms with Crippen molar-refractivity contribution in [1.82, 2.24) is 15.3 Å². The Labute approximate surface area is 171 Å². The molecule has 3 rings (SSSR count). The van der Waals surface area contributed by atoms with Gasteiger partial charge in [0.2, 0.25) is 5.89 Å². The summed E-state index contributed by atoms with van der Waals surface area (Å²) in [6, 6.07) is 1.78. The first-order valence-electron chi connectivity index (χ1n) is 9.86. The van der Waals surface area contributed by atoms with Crippen LogP contribution in [0.3, 0.4) is 0 Å². The Kier molecular flexibility index (Phi) is 6.87. The fourth-order valence-electron chi connectivity index (χ4n) is 3.30. The minimum atomic E-state index is 0.00118. The Morgan fingerprint density at radius 1 is 1.15 bits per heavy atom. The van der Waals surface area contributed by atoms with Gasteiger partial charge in [-0.3, -0.25) is 0 Å². The molecule has 0 radical (unpaired) electrons. The van der Waals surface area contributed by atoms with Gasteiger partial charge in [0.05, 0.1) is 22.4 Å². The molecule has 0 aliphatic heterocycles. The summed E-state index contributed by atoms with van der Waals surface area (Å²) in [5, 5.41) is 8.31. The summed E-state index contributed by atoms with van der Waals surface area (Å²) >= 11 is 3.46. The molecule has 0 saturated heterocycles. The minimum absolute atomic E-state index is 0.00118. The molecule has 150 valence electrons. The van der Waals surface area contributed by atoms with Gasteiger partial charge in [-0.15, -0.1) is 11.8 Å². The van der Waals surface area contributed by atoms with Crippen molar-refractivity contribution in [2.24, 2.45) is 0 Å². The lowest BCUT2D eigenvalue weighted by Crippen LogP contribution is -2.40. The van der Waals surface area contributed by atoms with Gasteiger partial charge >= 0.3 is 0 Å². The van der Waals surface area contributed by atoms with E-state index in [1.54, 1.807) is 23.1 Å². The molecular formula is C20H32N4OS2. The number of nitrogens with zero attached hydrogens (tertiary/aromatic N) is 2. The highest BCUT2D eigenvalue weighted by Gasteiger charge is 2.22. The molecule has 0 bridgehead atoms. The molecule has 0 aromatic carbocycles. The largest absolute Gasteiger partial charge is 0.444 e. The number of nitrogens with one attached hydrogen (secondary N) is 2. The molecular weight excluding hydrogens is 376 g/mol. The van der Waals surface area contributed by atoms with E-state index in [1.165, 1.54) is 29.9 Å². The lowest BCUT2D eigenvalue weighted by molar-refractivity contribution is 0.335. The van der Waals surface area contributed by atoms with Crippen LogP contribution in [0.2, 0.25) is 0 Å². The summed E-state index contributed by atoms with van der Waals surface area (Å²) in [5.74, 6) is 2.46. The number of anilines is 1. The van der Waals surface area contributed by atoms with Gasteiger partial charge in [-0.25, -0.2) is 9.97 Å². The van der Waals surface area contributed by atoms with Gasteiger partial charge in [-0.1, -0.05) is 46.0 Å². The molecule has 1 aliphatic rings. The molecule has 2 N–H and O–H groups in total. The van der Waals surface area contributed by atoms with E-state index in [2.05, 4.69) is 55.2 Å². The maximum absolute atomic E-state index is 5.87. The van der Waals surface area contributed by atoms with Crippen molar-refractivity contribution in [3.63, 3.8) is 0 Å². The topological polar surface area (TPSA) is 63.0 Å². The molecule has 0 amide bonds. The van der Waals surface area contributed by atoms with Gasteiger partial charge in [0, 0.05) is 23.5 Å². The molecule has 2 heterocycles. The normalized spacial score (nSPS) is 21.0. The monoisotopic (exact) mass is 408 g/mol. The minimum Gasteiger partial charge on any atom is -0.444 e. The average molecular weight is 409 g/mol. The van der Waals surface area contributed by atoms with Gasteiger partial charge in [0.15, 0.2) is 5.13 Å². The number of oxazole rings is 1. The van der Waals surface area contributed by atoms with Crippen molar-refractivity contribution in [2.75, 3.05) is 5.32 Å². The Morgan fingerprint density at radius 3 is 2.48 bits per heavy atom. The highest BCUT2D eigenvalue weighted by atomic mass is 32.2. The lowest BCUT2D eigenvalue weighted by atomic mass is 9.91. The fraction of sp³-hybridized carbons (Fsp3) is 0.700. The van der Waals surface area contributed by atoms with Gasteiger partial charge in [-0.2, -0.15) is 0 Å². The van der Waals surface area contributed by atoms with Crippen LogP contribution in [-0.4, -0.2) is 28.1 Å². The predicted octanol–water partition coefficient (Wildman–Crippen LogP) is 5.44. The van der Waals surface area contributed by atoms with Crippen molar-refractivity contribution in [1.29, 1.82) is 0 Å². The Bertz CT molecular complexity index is 712. The summed E-state index contributed by atoms with van der Waals surface area (Å²) in [6.07, 6.45) is 8.69. The predicted molar refractivity (Wildman–Crippen MR) is 115 cm³/mol. The van der Waals surface area contributed by atoms with Crippen LogP contribution < -0.4 is 10.6 Å².